The summed E-state index contributed by atoms with van der Waals surface area (Å²) >= 11 is 0. The number of para-hydroxylation sites is 2. The minimum Gasteiger partial charge on any atom is -0.437 e. The lowest BCUT2D eigenvalue weighted by Crippen LogP contribution is -2.07. The molecule has 2 rings (SSSR count). The fraction of sp³-hybridized carbons (Fsp3) is 0.133. The van der Waals surface area contributed by atoms with Gasteiger partial charge in [0.15, 0.2) is 5.75 Å². The highest BCUT2D eigenvalue weighted by atomic mass is 16.5. The van der Waals surface area contributed by atoms with Crippen molar-refractivity contribution in [1.29, 1.82) is 5.26 Å². The zero-order chi connectivity index (χ0) is 14.5. The summed E-state index contributed by atoms with van der Waals surface area (Å²) in [4.78, 5) is 15.4. The quantitative estimate of drug-likeness (QED) is 0.927. The predicted octanol–water partition coefficient (Wildman–Crippen LogP) is 3.01. The van der Waals surface area contributed by atoms with Gasteiger partial charge in [-0.1, -0.05) is 12.1 Å². The molecule has 5 heteroatoms. The zero-order valence-electron chi connectivity index (χ0n) is 11.2. The summed E-state index contributed by atoms with van der Waals surface area (Å²) in [5.41, 5.74) is 1.72. The number of carbonyl (C=O) groups is 1. The smallest absolute Gasteiger partial charge is 0.221 e. The standard InChI is InChI=1S/C15H13N3O2/c1-10-7-12(9-16)8-15(17-10)20-14-6-4-3-5-13(14)18-11(2)19/h3-8H,1-2H3,(H,18,19). The molecule has 0 spiro atoms. The number of pyridine rings is 1. The Kier molecular flexibility index (Phi) is 3.96. The van der Waals surface area contributed by atoms with E-state index in [0.717, 1.165) is 0 Å². The summed E-state index contributed by atoms with van der Waals surface area (Å²) in [6.07, 6.45) is 0. The Balaban J connectivity index is 2.33. The van der Waals surface area contributed by atoms with E-state index in [1.807, 2.05) is 0 Å². The molecule has 1 N–H and O–H groups in total. The van der Waals surface area contributed by atoms with Crippen molar-refractivity contribution in [2.24, 2.45) is 0 Å². The second kappa shape index (κ2) is 5.85. The molecular weight excluding hydrogens is 254 g/mol. The van der Waals surface area contributed by atoms with E-state index < -0.39 is 0 Å². The van der Waals surface area contributed by atoms with E-state index in [2.05, 4.69) is 16.4 Å². The maximum atomic E-state index is 11.1. The molecule has 0 saturated heterocycles. The van der Waals surface area contributed by atoms with Crippen LogP contribution in [0, 0.1) is 18.3 Å². The van der Waals surface area contributed by atoms with E-state index in [-0.39, 0.29) is 5.91 Å². The number of rotatable bonds is 3. The van der Waals surface area contributed by atoms with Gasteiger partial charge in [0, 0.05) is 18.7 Å². The molecule has 0 radical (unpaired) electrons. The van der Waals surface area contributed by atoms with Crippen LogP contribution in [-0.4, -0.2) is 10.9 Å². The van der Waals surface area contributed by atoms with Crippen molar-refractivity contribution in [1.82, 2.24) is 4.98 Å². The van der Waals surface area contributed by atoms with Crippen molar-refractivity contribution in [2.75, 3.05) is 5.32 Å². The van der Waals surface area contributed by atoms with Crippen LogP contribution in [0.1, 0.15) is 18.2 Å². The molecule has 100 valence electrons. The normalized spacial score (nSPS) is 9.65. The summed E-state index contributed by atoms with van der Waals surface area (Å²) in [6.45, 7) is 3.21. The number of benzene rings is 1. The van der Waals surface area contributed by atoms with Gasteiger partial charge in [-0.3, -0.25) is 4.79 Å². The Morgan fingerprint density at radius 1 is 1.35 bits per heavy atom. The molecule has 2 aromatic rings. The average molecular weight is 267 g/mol. The third-order valence-corrected chi connectivity index (χ3v) is 2.47. The van der Waals surface area contributed by atoms with Crippen molar-refractivity contribution in [3.8, 4) is 17.7 Å². The Hall–Kier alpha value is -2.87. The monoisotopic (exact) mass is 267 g/mol. The van der Waals surface area contributed by atoms with Gasteiger partial charge in [0.2, 0.25) is 11.8 Å². The molecule has 1 heterocycles. The first-order valence-corrected chi connectivity index (χ1v) is 6.02. The molecule has 0 saturated carbocycles. The molecule has 0 unspecified atom stereocenters. The van der Waals surface area contributed by atoms with Crippen LogP contribution in [0.4, 0.5) is 5.69 Å². The lowest BCUT2D eigenvalue weighted by atomic mass is 10.2. The van der Waals surface area contributed by atoms with E-state index >= 15 is 0 Å². The maximum Gasteiger partial charge on any atom is 0.221 e. The number of carbonyl (C=O) groups excluding carboxylic acids is 1. The van der Waals surface area contributed by atoms with Crippen LogP contribution < -0.4 is 10.1 Å². The van der Waals surface area contributed by atoms with Gasteiger partial charge in [0.05, 0.1) is 17.3 Å². The van der Waals surface area contributed by atoms with Crippen LogP contribution in [0.2, 0.25) is 0 Å². The fourth-order valence-corrected chi connectivity index (χ4v) is 1.72. The molecule has 0 aliphatic carbocycles. The number of aromatic nitrogens is 1. The highest BCUT2D eigenvalue weighted by Gasteiger charge is 2.08. The molecular formula is C15H13N3O2. The third-order valence-electron chi connectivity index (χ3n) is 2.47. The summed E-state index contributed by atoms with van der Waals surface area (Å²) in [7, 11) is 0. The van der Waals surface area contributed by atoms with E-state index in [0.29, 0.717) is 28.6 Å². The topological polar surface area (TPSA) is 75.0 Å². The Labute approximate surface area is 116 Å². The minimum absolute atomic E-state index is 0.184. The van der Waals surface area contributed by atoms with Gasteiger partial charge in [-0.15, -0.1) is 0 Å². The Morgan fingerprint density at radius 3 is 2.80 bits per heavy atom. The van der Waals surface area contributed by atoms with Crippen LogP contribution in [0.3, 0.4) is 0 Å². The van der Waals surface area contributed by atoms with Gasteiger partial charge < -0.3 is 10.1 Å². The Bertz CT molecular complexity index is 690. The van der Waals surface area contributed by atoms with Gasteiger partial charge in [-0.05, 0) is 25.1 Å². The second-order valence-corrected chi connectivity index (χ2v) is 4.23. The van der Waals surface area contributed by atoms with Crippen LogP contribution >= 0.6 is 0 Å². The van der Waals surface area contributed by atoms with E-state index in [1.165, 1.54) is 6.92 Å². The van der Waals surface area contributed by atoms with Crippen LogP contribution in [0.25, 0.3) is 0 Å². The molecule has 1 amide bonds. The predicted molar refractivity (Wildman–Crippen MR) is 74.5 cm³/mol. The number of ether oxygens (including phenoxy) is 1. The van der Waals surface area contributed by atoms with E-state index in [1.54, 1.807) is 43.3 Å². The van der Waals surface area contributed by atoms with Crippen LogP contribution in [0.5, 0.6) is 11.6 Å². The van der Waals surface area contributed by atoms with Crippen molar-refractivity contribution in [3.05, 3.63) is 47.7 Å². The molecule has 0 aliphatic heterocycles. The van der Waals surface area contributed by atoms with E-state index in [4.69, 9.17) is 10.00 Å². The molecule has 0 fully saturated rings. The number of amides is 1. The molecule has 1 aromatic carbocycles. The number of nitriles is 1. The summed E-state index contributed by atoms with van der Waals surface area (Å²) in [6, 6.07) is 12.3. The van der Waals surface area contributed by atoms with Crippen molar-refractivity contribution < 1.29 is 9.53 Å². The second-order valence-electron chi connectivity index (χ2n) is 4.23. The van der Waals surface area contributed by atoms with E-state index in [9.17, 15) is 4.79 Å². The highest BCUT2D eigenvalue weighted by Crippen LogP contribution is 2.28. The molecule has 5 nitrogen and oxygen atoms in total. The molecule has 0 bridgehead atoms. The van der Waals surface area contributed by atoms with Crippen molar-refractivity contribution >= 4 is 11.6 Å². The van der Waals surface area contributed by atoms with Crippen molar-refractivity contribution in [2.45, 2.75) is 13.8 Å². The number of nitrogens with zero attached hydrogens (tertiary/aromatic N) is 2. The van der Waals surface area contributed by atoms with Crippen LogP contribution in [-0.2, 0) is 4.79 Å². The number of hydrogen-bond donors (Lipinski definition) is 1. The molecule has 0 aliphatic rings. The largest absolute Gasteiger partial charge is 0.437 e. The summed E-state index contributed by atoms with van der Waals surface area (Å²) in [5.74, 6) is 0.611. The minimum atomic E-state index is -0.184. The van der Waals surface area contributed by atoms with Gasteiger partial charge >= 0.3 is 0 Å². The lowest BCUT2D eigenvalue weighted by Gasteiger charge is -2.11. The zero-order valence-corrected chi connectivity index (χ0v) is 11.2. The van der Waals surface area contributed by atoms with Crippen LogP contribution in [0.15, 0.2) is 36.4 Å². The number of aryl methyl sites for hydroxylation is 1. The summed E-state index contributed by atoms with van der Waals surface area (Å²) in [5, 5.41) is 11.6. The third kappa shape index (κ3) is 3.33. The van der Waals surface area contributed by atoms with Gasteiger partial charge in [0.1, 0.15) is 0 Å². The van der Waals surface area contributed by atoms with Gasteiger partial charge in [-0.25, -0.2) is 4.98 Å². The first-order chi connectivity index (χ1) is 9.58. The molecule has 20 heavy (non-hydrogen) atoms. The molecule has 1 aromatic heterocycles. The Morgan fingerprint density at radius 2 is 2.10 bits per heavy atom. The number of nitrogens with one attached hydrogen (secondary N) is 1. The fourth-order valence-electron chi connectivity index (χ4n) is 1.72. The highest BCUT2D eigenvalue weighted by molar-refractivity contribution is 5.90. The molecule has 0 atom stereocenters. The first-order valence-electron chi connectivity index (χ1n) is 6.02. The summed E-state index contributed by atoms with van der Waals surface area (Å²) < 4.78 is 5.66. The number of anilines is 1. The first kappa shape index (κ1) is 13.6. The lowest BCUT2D eigenvalue weighted by molar-refractivity contribution is -0.114. The van der Waals surface area contributed by atoms with Gasteiger partial charge in [0.25, 0.3) is 0 Å². The number of hydrogen-bond acceptors (Lipinski definition) is 4. The SMILES string of the molecule is CC(=O)Nc1ccccc1Oc1cc(C#N)cc(C)n1. The maximum absolute atomic E-state index is 11.1. The average Bonchev–Trinajstić information content (AvgIpc) is 2.39. The van der Waals surface area contributed by atoms with Crippen molar-refractivity contribution in [3.63, 3.8) is 0 Å². The van der Waals surface area contributed by atoms with Gasteiger partial charge in [-0.2, -0.15) is 5.26 Å².